The van der Waals surface area contributed by atoms with Gasteiger partial charge in [0, 0.05) is 27.3 Å². The predicted octanol–water partition coefficient (Wildman–Crippen LogP) is 3.75. The van der Waals surface area contributed by atoms with E-state index in [4.69, 9.17) is 0 Å². The van der Waals surface area contributed by atoms with E-state index in [0.29, 0.717) is 6.54 Å². The molecule has 0 amide bonds. The molecule has 0 saturated heterocycles. The lowest BCUT2D eigenvalue weighted by molar-refractivity contribution is 0.965. The molecule has 2 heterocycles. The van der Waals surface area contributed by atoms with Gasteiger partial charge in [-0.3, -0.25) is 9.20 Å². The molecule has 3 aromatic rings. The summed E-state index contributed by atoms with van der Waals surface area (Å²) < 4.78 is 2.70. The molecule has 6 heteroatoms. The van der Waals surface area contributed by atoms with Crippen LogP contribution in [0.1, 0.15) is 17.0 Å². The third-order valence-corrected chi connectivity index (χ3v) is 5.07. The van der Waals surface area contributed by atoms with E-state index in [1.165, 1.54) is 16.9 Å². The first-order valence-corrected chi connectivity index (χ1v) is 8.18. The second kappa shape index (κ2) is 5.61. The molecule has 0 fully saturated rings. The minimum Gasteiger partial charge on any atom is -0.379 e. The molecule has 0 aliphatic rings. The average Bonchev–Trinajstić information content (AvgIpc) is 2.82. The van der Waals surface area contributed by atoms with E-state index in [0.717, 1.165) is 26.5 Å². The Labute approximate surface area is 134 Å². The number of hydrogen-bond donors (Lipinski definition) is 1. The number of aryl methyl sites for hydroxylation is 2. The number of halogens is 1. The van der Waals surface area contributed by atoms with Crippen molar-refractivity contribution in [2.24, 2.45) is 0 Å². The second-order valence-electron chi connectivity index (χ2n) is 4.90. The number of thiazole rings is 1. The molecule has 108 valence electrons. The number of rotatable bonds is 3. The van der Waals surface area contributed by atoms with Crippen LogP contribution < -0.4 is 10.9 Å². The van der Waals surface area contributed by atoms with Gasteiger partial charge in [0.2, 0.25) is 0 Å². The van der Waals surface area contributed by atoms with Crippen molar-refractivity contribution in [2.45, 2.75) is 20.4 Å². The Kier molecular flexibility index (Phi) is 3.82. The Morgan fingerprint density at radius 1 is 1.33 bits per heavy atom. The van der Waals surface area contributed by atoms with Crippen LogP contribution in [0.25, 0.3) is 4.96 Å². The molecule has 21 heavy (non-hydrogen) atoms. The second-order valence-corrected chi connectivity index (χ2v) is 6.59. The zero-order valence-corrected chi connectivity index (χ0v) is 14.1. The van der Waals surface area contributed by atoms with Crippen molar-refractivity contribution in [3.8, 4) is 0 Å². The van der Waals surface area contributed by atoms with Gasteiger partial charge in [-0.25, -0.2) is 4.98 Å². The maximum Gasteiger partial charge on any atom is 0.259 e. The molecule has 0 bridgehead atoms. The minimum atomic E-state index is -0.0272. The summed E-state index contributed by atoms with van der Waals surface area (Å²) in [5, 5.41) is 5.23. The standard InChI is InChI=1S/C15H14BrN3OS/c1-9-3-4-11(5-13(9)16)17-7-12-6-14(20)19-10(2)8-21-15(19)18-12/h3-6,8,17H,7H2,1-2H3. The van der Waals surface area contributed by atoms with Gasteiger partial charge < -0.3 is 5.32 Å². The molecule has 0 unspecified atom stereocenters. The van der Waals surface area contributed by atoms with E-state index < -0.39 is 0 Å². The number of hydrogen-bond acceptors (Lipinski definition) is 4. The molecule has 0 saturated carbocycles. The van der Waals surface area contributed by atoms with Crippen molar-refractivity contribution in [2.75, 3.05) is 5.32 Å². The molecule has 0 aliphatic heterocycles. The Balaban J connectivity index is 1.85. The molecule has 3 rings (SSSR count). The number of nitrogens with zero attached hydrogens (tertiary/aromatic N) is 2. The highest BCUT2D eigenvalue weighted by Crippen LogP contribution is 2.21. The van der Waals surface area contributed by atoms with Crippen LogP contribution in [0.2, 0.25) is 0 Å². The van der Waals surface area contributed by atoms with E-state index in [1.807, 2.05) is 37.4 Å². The molecule has 0 spiro atoms. The normalized spacial score (nSPS) is 11.0. The fourth-order valence-electron chi connectivity index (χ4n) is 2.09. The Hall–Kier alpha value is -1.66. The van der Waals surface area contributed by atoms with E-state index >= 15 is 0 Å². The van der Waals surface area contributed by atoms with Crippen molar-refractivity contribution in [3.05, 3.63) is 61.4 Å². The molecule has 0 radical (unpaired) electrons. The monoisotopic (exact) mass is 363 g/mol. The highest BCUT2D eigenvalue weighted by atomic mass is 79.9. The number of fused-ring (bicyclic) bond motifs is 1. The van der Waals surface area contributed by atoms with E-state index in [-0.39, 0.29) is 5.56 Å². The first-order valence-electron chi connectivity index (χ1n) is 6.51. The molecule has 4 nitrogen and oxygen atoms in total. The lowest BCUT2D eigenvalue weighted by Crippen LogP contribution is -2.16. The fourth-order valence-corrected chi connectivity index (χ4v) is 3.36. The van der Waals surface area contributed by atoms with Gasteiger partial charge in [-0.2, -0.15) is 0 Å². The van der Waals surface area contributed by atoms with Crippen LogP contribution in [0, 0.1) is 13.8 Å². The van der Waals surface area contributed by atoms with Gasteiger partial charge in [0.1, 0.15) is 0 Å². The summed E-state index contributed by atoms with van der Waals surface area (Å²) in [7, 11) is 0. The maximum absolute atomic E-state index is 12.1. The van der Waals surface area contributed by atoms with Crippen molar-refractivity contribution < 1.29 is 0 Å². The molecule has 1 N–H and O–H groups in total. The van der Waals surface area contributed by atoms with Crippen LogP contribution in [0.5, 0.6) is 0 Å². The topological polar surface area (TPSA) is 46.4 Å². The summed E-state index contributed by atoms with van der Waals surface area (Å²) in [6, 6.07) is 7.67. The smallest absolute Gasteiger partial charge is 0.259 e. The number of anilines is 1. The highest BCUT2D eigenvalue weighted by Gasteiger charge is 2.06. The van der Waals surface area contributed by atoms with Crippen molar-refractivity contribution >= 4 is 37.9 Å². The maximum atomic E-state index is 12.1. The summed E-state index contributed by atoms with van der Waals surface area (Å²) in [5.74, 6) is 0. The summed E-state index contributed by atoms with van der Waals surface area (Å²) >= 11 is 5.00. The molecular formula is C15H14BrN3OS. The van der Waals surface area contributed by atoms with Crippen molar-refractivity contribution in [1.29, 1.82) is 0 Å². The van der Waals surface area contributed by atoms with Crippen molar-refractivity contribution in [1.82, 2.24) is 9.38 Å². The van der Waals surface area contributed by atoms with Gasteiger partial charge >= 0.3 is 0 Å². The van der Waals surface area contributed by atoms with Crippen LogP contribution >= 0.6 is 27.3 Å². The lowest BCUT2D eigenvalue weighted by atomic mass is 10.2. The van der Waals surface area contributed by atoms with Crippen molar-refractivity contribution in [3.63, 3.8) is 0 Å². The number of aromatic nitrogens is 2. The highest BCUT2D eigenvalue weighted by molar-refractivity contribution is 9.10. The third-order valence-electron chi connectivity index (χ3n) is 3.27. The number of nitrogens with one attached hydrogen (secondary N) is 1. The minimum absolute atomic E-state index is 0.0272. The lowest BCUT2D eigenvalue weighted by Gasteiger charge is -2.08. The van der Waals surface area contributed by atoms with E-state index in [2.05, 4.69) is 26.2 Å². The van der Waals surface area contributed by atoms with Crippen LogP contribution in [0.4, 0.5) is 5.69 Å². The zero-order valence-electron chi connectivity index (χ0n) is 11.7. The quantitative estimate of drug-likeness (QED) is 0.770. The van der Waals surface area contributed by atoms with Gasteiger partial charge in [-0.05, 0) is 31.5 Å². The Bertz CT molecular complexity index is 869. The zero-order chi connectivity index (χ0) is 15.0. The molecule has 0 atom stereocenters. The molecule has 1 aromatic carbocycles. The van der Waals surface area contributed by atoms with Crippen LogP contribution in [-0.4, -0.2) is 9.38 Å². The third kappa shape index (κ3) is 2.87. The van der Waals surface area contributed by atoms with Crippen LogP contribution in [-0.2, 0) is 6.54 Å². The summed E-state index contributed by atoms with van der Waals surface area (Å²) in [6.07, 6.45) is 0. The van der Waals surface area contributed by atoms with Gasteiger partial charge in [-0.15, -0.1) is 11.3 Å². The predicted molar refractivity (Wildman–Crippen MR) is 90.3 cm³/mol. The molecule has 2 aromatic heterocycles. The van der Waals surface area contributed by atoms with Gasteiger partial charge in [0.05, 0.1) is 12.2 Å². The van der Waals surface area contributed by atoms with E-state index in [1.54, 1.807) is 10.5 Å². The Morgan fingerprint density at radius 3 is 2.90 bits per heavy atom. The van der Waals surface area contributed by atoms with Gasteiger partial charge in [0.25, 0.3) is 5.56 Å². The SMILES string of the molecule is Cc1ccc(NCc2cc(=O)n3c(C)csc3n2)cc1Br. The first kappa shape index (κ1) is 14.3. The average molecular weight is 364 g/mol. The summed E-state index contributed by atoms with van der Waals surface area (Å²) in [5.41, 5.74) is 3.83. The molecule has 0 aliphatic carbocycles. The summed E-state index contributed by atoms with van der Waals surface area (Å²) in [4.78, 5) is 17.3. The summed E-state index contributed by atoms with van der Waals surface area (Å²) in [6.45, 7) is 4.48. The number of benzene rings is 1. The largest absolute Gasteiger partial charge is 0.379 e. The van der Waals surface area contributed by atoms with Gasteiger partial charge in [-0.1, -0.05) is 22.0 Å². The van der Waals surface area contributed by atoms with Gasteiger partial charge in [0.15, 0.2) is 4.96 Å². The molecular weight excluding hydrogens is 350 g/mol. The van der Waals surface area contributed by atoms with Crippen LogP contribution in [0.3, 0.4) is 0 Å². The first-order chi connectivity index (χ1) is 10.0. The fraction of sp³-hybridized carbons (Fsp3) is 0.200. The van der Waals surface area contributed by atoms with Crippen LogP contribution in [0.15, 0.2) is 38.9 Å². The van der Waals surface area contributed by atoms with E-state index in [9.17, 15) is 4.79 Å². The Morgan fingerprint density at radius 2 is 2.14 bits per heavy atom.